The fourth-order valence-electron chi connectivity index (χ4n) is 0.580. The molecule has 1 rings (SSSR count). The molecule has 0 aliphatic carbocycles. The van der Waals surface area contributed by atoms with Crippen molar-refractivity contribution >= 4 is 27.5 Å². The number of halogens is 1. The molecule has 1 aromatic heterocycles. The summed E-state index contributed by atoms with van der Waals surface area (Å²) in [6, 6.07) is 0. The second-order valence-electron chi connectivity index (χ2n) is 1.92. The van der Waals surface area contributed by atoms with Crippen LogP contribution in [0.25, 0.3) is 0 Å². The van der Waals surface area contributed by atoms with Gasteiger partial charge in [-0.25, -0.2) is 9.97 Å². The SMILES string of the molecule is CC(=O)Nc1cnc(Br)nc1. The van der Waals surface area contributed by atoms with Gasteiger partial charge in [-0.05, 0) is 15.9 Å². The van der Waals surface area contributed by atoms with E-state index in [9.17, 15) is 4.79 Å². The highest BCUT2D eigenvalue weighted by atomic mass is 79.9. The van der Waals surface area contributed by atoms with Gasteiger partial charge in [0.25, 0.3) is 0 Å². The van der Waals surface area contributed by atoms with E-state index in [4.69, 9.17) is 0 Å². The number of hydrogen-bond acceptors (Lipinski definition) is 3. The lowest BCUT2D eigenvalue weighted by molar-refractivity contribution is -0.114. The van der Waals surface area contributed by atoms with E-state index in [-0.39, 0.29) is 5.91 Å². The lowest BCUT2D eigenvalue weighted by Crippen LogP contribution is -2.06. The molecule has 1 aromatic rings. The van der Waals surface area contributed by atoms with Gasteiger partial charge < -0.3 is 5.32 Å². The third-order valence-corrected chi connectivity index (χ3v) is 1.35. The van der Waals surface area contributed by atoms with Crippen molar-refractivity contribution in [3.63, 3.8) is 0 Å². The standard InChI is InChI=1S/C6H6BrN3O/c1-4(11)10-5-2-8-6(7)9-3-5/h2-3H,1H3,(H,10,11). The molecule has 0 unspecified atom stereocenters. The zero-order valence-electron chi connectivity index (χ0n) is 5.84. The quantitative estimate of drug-likeness (QED) is 0.717. The highest BCUT2D eigenvalue weighted by molar-refractivity contribution is 9.10. The van der Waals surface area contributed by atoms with Crippen LogP contribution in [0.4, 0.5) is 5.69 Å². The van der Waals surface area contributed by atoms with Crippen LogP contribution in [0, 0.1) is 0 Å². The Balaban J connectivity index is 2.74. The number of anilines is 1. The predicted octanol–water partition coefficient (Wildman–Crippen LogP) is 1.20. The van der Waals surface area contributed by atoms with Crippen molar-refractivity contribution in [3.8, 4) is 0 Å². The summed E-state index contributed by atoms with van der Waals surface area (Å²) < 4.78 is 0.506. The van der Waals surface area contributed by atoms with Crippen molar-refractivity contribution in [1.82, 2.24) is 9.97 Å². The van der Waals surface area contributed by atoms with Crippen LogP contribution in [-0.2, 0) is 4.79 Å². The van der Waals surface area contributed by atoms with Crippen LogP contribution in [0.5, 0.6) is 0 Å². The van der Waals surface area contributed by atoms with E-state index >= 15 is 0 Å². The number of nitrogens with zero attached hydrogens (tertiary/aromatic N) is 2. The molecule has 11 heavy (non-hydrogen) atoms. The molecule has 0 atom stereocenters. The van der Waals surface area contributed by atoms with Gasteiger partial charge in [-0.3, -0.25) is 4.79 Å². The van der Waals surface area contributed by atoms with E-state index in [1.807, 2.05) is 0 Å². The monoisotopic (exact) mass is 215 g/mol. The molecule has 0 aromatic carbocycles. The van der Waals surface area contributed by atoms with Crippen LogP contribution >= 0.6 is 15.9 Å². The predicted molar refractivity (Wildman–Crippen MR) is 44.0 cm³/mol. The Morgan fingerprint density at radius 1 is 1.55 bits per heavy atom. The molecule has 5 heteroatoms. The first kappa shape index (κ1) is 8.13. The molecule has 0 aliphatic heterocycles. The molecule has 0 fully saturated rings. The normalized spacial score (nSPS) is 9.27. The fraction of sp³-hybridized carbons (Fsp3) is 0.167. The number of hydrogen-bond donors (Lipinski definition) is 1. The summed E-state index contributed by atoms with van der Waals surface area (Å²) in [5, 5.41) is 2.55. The molecule has 0 aliphatic rings. The maximum Gasteiger partial charge on any atom is 0.221 e. The van der Waals surface area contributed by atoms with Crippen molar-refractivity contribution < 1.29 is 4.79 Å². The fourth-order valence-corrected chi connectivity index (χ4v) is 0.785. The Labute approximate surface area is 72.2 Å². The van der Waals surface area contributed by atoms with Crippen molar-refractivity contribution in [1.29, 1.82) is 0 Å². The number of amides is 1. The van der Waals surface area contributed by atoms with Gasteiger partial charge in [0.2, 0.25) is 5.91 Å². The summed E-state index contributed by atoms with van der Waals surface area (Å²) in [5.41, 5.74) is 0.598. The van der Waals surface area contributed by atoms with E-state index in [0.717, 1.165) is 0 Å². The maximum absolute atomic E-state index is 10.5. The number of carbonyl (C=O) groups is 1. The Morgan fingerprint density at radius 2 is 2.09 bits per heavy atom. The summed E-state index contributed by atoms with van der Waals surface area (Å²) in [6.45, 7) is 1.43. The summed E-state index contributed by atoms with van der Waals surface area (Å²) in [6.07, 6.45) is 3.05. The number of carbonyl (C=O) groups excluding carboxylic acids is 1. The average molecular weight is 216 g/mol. The summed E-state index contributed by atoms with van der Waals surface area (Å²) in [4.78, 5) is 18.2. The molecule has 0 spiro atoms. The maximum atomic E-state index is 10.5. The minimum Gasteiger partial charge on any atom is -0.324 e. The second kappa shape index (κ2) is 3.43. The van der Waals surface area contributed by atoms with Crippen LogP contribution in [0.1, 0.15) is 6.92 Å². The Morgan fingerprint density at radius 3 is 2.55 bits per heavy atom. The number of rotatable bonds is 1. The van der Waals surface area contributed by atoms with Crippen molar-refractivity contribution in [3.05, 3.63) is 17.1 Å². The third-order valence-electron chi connectivity index (χ3n) is 0.941. The average Bonchev–Trinajstić information content (AvgIpc) is 1.93. The van der Waals surface area contributed by atoms with Crippen molar-refractivity contribution in [2.45, 2.75) is 6.92 Å². The largest absolute Gasteiger partial charge is 0.324 e. The van der Waals surface area contributed by atoms with Crippen LogP contribution in [-0.4, -0.2) is 15.9 Å². The minimum atomic E-state index is -0.129. The molecule has 0 bridgehead atoms. The highest BCUT2D eigenvalue weighted by Gasteiger charge is 1.95. The Bertz CT molecular complexity index is 259. The van der Waals surface area contributed by atoms with Crippen molar-refractivity contribution in [2.75, 3.05) is 5.32 Å². The summed E-state index contributed by atoms with van der Waals surface area (Å²) >= 11 is 3.08. The molecule has 1 amide bonds. The first-order valence-electron chi connectivity index (χ1n) is 2.93. The highest BCUT2D eigenvalue weighted by Crippen LogP contribution is 2.05. The van der Waals surface area contributed by atoms with Crippen molar-refractivity contribution in [2.24, 2.45) is 0 Å². The van der Waals surface area contributed by atoms with E-state index < -0.39 is 0 Å². The zero-order chi connectivity index (χ0) is 8.27. The van der Waals surface area contributed by atoms with Gasteiger partial charge in [0.05, 0.1) is 18.1 Å². The lowest BCUT2D eigenvalue weighted by Gasteiger charge is -1.98. The smallest absolute Gasteiger partial charge is 0.221 e. The lowest BCUT2D eigenvalue weighted by atomic mass is 10.5. The second-order valence-corrected chi connectivity index (χ2v) is 2.63. The molecule has 0 radical (unpaired) electrons. The van der Waals surface area contributed by atoms with E-state index in [2.05, 4.69) is 31.2 Å². The first-order valence-corrected chi connectivity index (χ1v) is 3.73. The van der Waals surface area contributed by atoms with Gasteiger partial charge in [0, 0.05) is 6.92 Å². The number of aromatic nitrogens is 2. The zero-order valence-corrected chi connectivity index (χ0v) is 7.42. The van der Waals surface area contributed by atoms with Crippen LogP contribution < -0.4 is 5.32 Å². The van der Waals surface area contributed by atoms with E-state index in [1.54, 1.807) is 0 Å². The molecule has 0 saturated heterocycles. The minimum absolute atomic E-state index is 0.129. The van der Waals surface area contributed by atoms with E-state index in [1.165, 1.54) is 19.3 Å². The molecule has 0 saturated carbocycles. The van der Waals surface area contributed by atoms with Gasteiger partial charge in [-0.15, -0.1) is 0 Å². The van der Waals surface area contributed by atoms with Crippen LogP contribution in [0.2, 0.25) is 0 Å². The molecule has 58 valence electrons. The Hall–Kier alpha value is -0.970. The third kappa shape index (κ3) is 2.63. The van der Waals surface area contributed by atoms with Gasteiger partial charge in [-0.1, -0.05) is 0 Å². The Kier molecular flexibility index (Phi) is 2.53. The molecule has 1 heterocycles. The summed E-state index contributed by atoms with van der Waals surface area (Å²) in [5.74, 6) is -0.129. The van der Waals surface area contributed by atoms with Gasteiger partial charge in [0.15, 0.2) is 4.73 Å². The van der Waals surface area contributed by atoms with Gasteiger partial charge in [0.1, 0.15) is 0 Å². The molecule has 1 N–H and O–H groups in total. The number of nitrogens with one attached hydrogen (secondary N) is 1. The molecular weight excluding hydrogens is 210 g/mol. The first-order chi connectivity index (χ1) is 5.18. The van der Waals surface area contributed by atoms with Gasteiger partial charge >= 0.3 is 0 Å². The van der Waals surface area contributed by atoms with E-state index in [0.29, 0.717) is 10.4 Å². The topological polar surface area (TPSA) is 54.9 Å². The van der Waals surface area contributed by atoms with Crippen LogP contribution in [0.15, 0.2) is 17.1 Å². The summed E-state index contributed by atoms with van der Waals surface area (Å²) in [7, 11) is 0. The molecular formula is C6H6BrN3O. The molecule has 4 nitrogen and oxygen atoms in total. The van der Waals surface area contributed by atoms with Crippen LogP contribution in [0.3, 0.4) is 0 Å². The van der Waals surface area contributed by atoms with Gasteiger partial charge in [-0.2, -0.15) is 0 Å².